The van der Waals surface area contributed by atoms with E-state index in [-0.39, 0.29) is 10.7 Å². The fraction of sp³-hybridized carbons (Fsp3) is 0.176. The average Bonchev–Trinajstić information content (AvgIpc) is 2.88. The van der Waals surface area contributed by atoms with E-state index in [1.54, 1.807) is 37.3 Å². The highest BCUT2D eigenvalue weighted by atomic mass is 35.5. The van der Waals surface area contributed by atoms with Gasteiger partial charge in [-0.25, -0.2) is 0 Å². The fourth-order valence-corrected chi connectivity index (χ4v) is 2.48. The van der Waals surface area contributed by atoms with Gasteiger partial charge in [-0.05, 0) is 37.3 Å². The minimum absolute atomic E-state index is 0.00158. The van der Waals surface area contributed by atoms with Gasteiger partial charge in [0.25, 0.3) is 5.91 Å². The Hall–Kier alpha value is -2.74. The van der Waals surface area contributed by atoms with Crippen molar-refractivity contribution in [3.05, 3.63) is 59.1 Å². The Morgan fingerprint density at radius 1 is 1.15 bits per heavy atom. The van der Waals surface area contributed by atoms with Crippen molar-refractivity contribution >= 4 is 34.6 Å². The maximum atomic E-state index is 12.8. The Labute approximate surface area is 151 Å². The molecule has 0 bridgehead atoms. The van der Waals surface area contributed by atoms with E-state index in [1.807, 2.05) is 0 Å². The number of rotatable bonds is 3. The zero-order valence-electron chi connectivity index (χ0n) is 13.4. The average molecular weight is 381 g/mol. The van der Waals surface area contributed by atoms with Crippen molar-refractivity contribution in [1.82, 2.24) is 0 Å². The second kappa shape index (κ2) is 6.87. The molecule has 0 saturated carbocycles. The van der Waals surface area contributed by atoms with Crippen LogP contribution in [0.3, 0.4) is 0 Å². The van der Waals surface area contributed by atoms with E-state index in [2.05, 4.69) is 15.3 Å². The second-order valence-electron chi connectivity index (χ2n) is 5.51. The lowest BCUT2D eigenvalue weighted by Crippen LogP contribution is -2.29. The molecular formula is C17H12ClF3N4O. The van der Waals surface area contributed by atoms with E-state index < -0.39 is 23.7 Å². The highest BCUT2D eigenvalue weighted by Gasteiger charge is 2.35. The van der Waals surface area contributed by atoms with Crippen molar-refractivity contribution in [3.63, 3.8) is 0 Å². The van der Waals surface area contributed by atoms with Crippen molar-refractivity contribution in [2.75, 3.05) is 5.01 Å². The van der Waals surface area contributed by atoms with Gasteiger partial charge in [0, 0.05) is 0 Å². The Morgan fingerprint density at radius 3 is 2.50 bits per heavy atom. The summed E-state index contributed by atoms with van der Waals surface area (Å²) in [6.07, 6.45) is -4.53. The highest BCUT2D eigenvalue weighted by molar-refractivity contribution is 6.33. The number of carbonyl (C=O) groups is 1. The maximum Gasteiger partial charge on any atom is 0.416 e. The Balaban J connectivity index is 1.86. The van der Waals surface area contributed by atoms with Crippen molar-refractivity contribution < 1.29 is 18.0 Å². The summed E-state index contributed by atoms with van der Waals surface area (Å²) in [6.45, 7) is 1.60. The van der Waals surface area contributed by atoms with E-state index in [4.69, 9.17) is 11.6 Å². The first-order valence-corrected chi connectivity index (χ1v) is 7.87. The number of halogens is 4. The lowest BCUT2D eigenvalue weighted by molar-refractivity contribution is -0.137. The van der Waals surface area contributed by atoms with Crippen molar-refractivity contribution in [2.45, 2.75) is 19.1 Å². The van der Waals surface area contributed by atoms with Gasteiger partial charge in [0.2, 0.25) is 0 Å². The van der Waals surface area contributed by atoms with E-state index in [0.29, 0.717) is 11.4 Å². The third-order valence-corrected chi connectivity index (χ3v) is 3.97. The minimum atomic E-state index is -4.53. The Kier molecular flexibility index (Phi) is 4.78. The van der Waals surface area contributed by atoms with Crippen LogP contribution < -0.4 is 5.01 Å². The lowest BCUT2D eigenvalue weighted by Gasteiger charge is -2.12. The Bertz CT molecular complexity index is 897. The van der Waals surface area contributed by atoms with E-state index >= 15 is 0 Å². The number of para-hydroxylation sites is 1. The van der Waals surface area contributed by atoms with Crippen LogP contribution in [-0.4, -0.2) is 17.7 Å². The smallest absolute Gasteiger partial charge is 0.269 e. The molecule has 0 N–H and O–H groups in total. The van der Waals surface area contributed by atoms with Gasteiger partial charge in [-0.2, -0.15) is 33.5 Å². The van der Waals surface area contributed by atoms with Crippen molar-refractivity contribution in [1.29, 1.82) is 0 Å². The molecule has 5 nitrogen and oxygen atoms in total. The number of hydrogen-bond acceptors (Lipinski definition) is 4. The van der Waals surface area contributed by atoms with Gasteiger partial charge >= 0.3 is 6.18 Å². The predicted octanol–water partition coefficient (Wildman–Crippen LogP) is 5.23. The van der Waals surface area contributed by atoms with Gasteiger partial charge in [0.15, 0.2) is 6.04 Å². The topological polar surface area (TPSA) is 57.4 Å². The van der Waals surface area contributed by atoms with Gasteiger partial charge in [-0.3, -0.25) is 4.79 Å². The molecule has 1 heterocycles. The van der Waals surface area contributed by atoms with Gasteiger partial charge in [0.05, 0.1) is 22.0 Å². The summed E-state index contributed by atoms with van der Waals surface area (Å²) in [4.78, 5) is 12.5. The first-order chi connectivity index (χ1) is 12.3. The Morgan fingerprint density at radius 2 is 1.85 bits per heavy atom. The number of alkyl halides is 3. The second-order valence-corrected chi connectivity index (χ2v) is 5.92. The van der Waals surface area contributed by atoms with Gasteiger partial charge < -0.3 is 0 Å². The van der Waals surface area contributed by atoms with Crippen LogP contribution >= 0.6 is 11.6 Å². The van der Waals surface area contributed by atoms with Gasteiger partial charge in [-0.1, -0.05) is 29.8 Å². The number of nitrogens with zero attached hydrogens (tertiary/aromatic N) is 4. The summed E-state index contributed by atoms with van der Waals surface area (Å²) < 4.78 is 38.4. The van der Waals surface area contributed by atoms with Crippen LogP contribution in [0.2, 0.25) is 5.02 Å². The zero-order valence-corrected chi connectivity index (χ0v) is 14.2. The van der Waals surface area contributed by atoms with Crippen LogP contribution in [0.4, 0.5) is 24.5 Å². The fourth-order valence-electron chi connectivity index (χ4n) is 2.33. The van der Waals surface area contributed by atoms with Gasteiger partial charge in [0.1, 0.15) is 5.69 Å². The number of azo groups is 1. The summed E-state index contributed by atoms with van der Waals surface area (Å²) in [5.74, 6) is -0.444. The summed E-state index contributed by atoms with van der Waals surface area (Å²) in [5.41, 5.74) is -0.123. The van der Waals surface area contributed by atoms with E-state index in [1.165, 1.54) is 5.01 Å². The summed E-state index contributed by atoms with van der Waals surface area (Å²) in [5, 5.41) is 13.0. The van der Waals surface area contributed by atoms with Crippen LogP contribution in [-0.2, 0) is 11.0 Å². The first-order valence-electron chi connectivity index (χ1n) is 7.49. The number of amides is 1. The standard InChI is InChI=1S/C17H12ClF3N4O/c1-10-15(16(26)25(24-10)12-5-3-2-4-6-12)23-22-14-9-11(17(19,20)21)7-8-13(14)18/h2-9,15H,1H3. The molecular weight excluding hydrogens is 369 g/mol. The molecule has 0 aromatic heterocycles. The van der Waals surface area contributed by atoms with Gasteiger partial charge in [-0.15, -0.1) is 0 Å². The van der Waals surface area contributed by atoms with Crippen LogP contribution in [0.25, 0.3) is 0 Å². The minimum Gasteiger partial charge on any atom is -0.269 e. The normalized spacial score (nSPS) is 17.9. The lowest BCUT2D eigenvalue weighted by atomic mass is 10.2. The number of carbonyl (C=O) groups excluding carboxylic acids is 1. The van der Waals surface area contributed by atoms with E-state index in [9.17, 15) is 18.0 Å². The monoisotopic (exact) mass is 380 g/mol. The molecule has 0 aliphatic carbocycles. The molecule has 0 spiro atoms. The van der Waals surface area contributed by atoms with Crippen molar-refractivity contribution in [2.24, 2.45) is 15.3 Å². The van der Waals surface area contributed by atoms with Crippen LogP contribution in [0.15, 0.2) is 63.9 Å². The molecule has 1 aliphatic heterocycles. The summed E-state index contributed by atoms with van der Waals surface area (Å²) in [7, 11) is 0. The number of hydrazone groups is 1. The predicted molar refractivity (Wildman–Crippen MR) is 91.8 cm³/mol. The SMILES string of the molecule is CC1=NN(c2ccccc2)C(=O)C1N=Nc1cc(C(F)(F)F)ccc1Cl. The molecule has 2 aromatic carbocycles. The number of anilines is 1. The maximum absolute atomic E-state index is 12.8. The number of hydrogen-bond donors (Lipinski definition) is 0. The molecule has 2 aromatic rings. The molecule has 3 rings (SSSR count). The molecule has 26 heavy (non-hydrogen) atoms. The van der Waals surface area contributed by atoms with Crippen molar-refractivity contribution in [3.8, 4) is 0 Å². The summed E-state index contributed by atoms with van der Waals surface area (Å²) >= 11 is 5.88. The molecule has 0 saturated heterocycles. The molecule has 1 atom stereocenters. The highest BCUT2D eigenvalue weighted by Crippen LogP contribution is 2.35. The molecule has 0 fully saturated rings. The van der Waals surface area contributed by atoms with Crippen LogP contribution in [0.5, 0.6) is 0 Å². The molecule has 134 valence electrons. The van der Waals surface area contributed by atoms with Crippen LogP contribution in [0, 0.1) is 0 Å². The molecule has 1 unspecified atom stereocenters. The molecule has 1 aliphatic rings. The largest absolute Gasteiger partial charge is 0.416 e. The quantitative estimate of drug-likeness (QED) is 0.672. The third kappa shape index (κ3) is 3.60. The van der Waals surface area contributed by atoms with Crippen LogP contribution in [0.1, 0.15) is 12.5 Å². The van der Waals surface area contributed by atoms with E-state index in [0.717, 1.165) is 18.2 Å². The number of benzene rings is 2. The third-order valence-electron chi connectivity index (χ3n) is 3.65. The molecule has 9 heteroatoms. The summed E-state index contributed by atoms with van der Waals surface area (Å²) in [6, 6.07) is 10.4. The molecule has 0 radical (unpaired) electrons. The first kappa shape index (κ1) is 18.1. The molecule has 1 amide bonds. The zero-order chi connectivity index (χ0) is 18.9.